The van der Waals surface area contributed by atoms with E-state index in [1.807, 2.05) is 19.0 Å². The fourth-order valence-electron chi connectivity index (χ4n) is 1.27. The molecule has 6 heteroatoms. The number of nitrogens with one attached hydrogen (secondary N) is 1. The molecular formula is C8H19ClN2O2S. The Balaban J connectivity index is 4.21. The highest BCUT2D eigenvalue weighted by atomic mass is 35.5. The van der Waals surface area contributed by atoms with Crippen LogP contribution in [0.1, 0.15) is 13.8 Å². The van der Waals surface area contributed by atoms with Crippen LogP contribution in [0.25, 0.3) is 0 Å². The average Bonchev–Trinajstić information content (AvgIpc) is 2.03. The third-order valence-corrected chi connectivity index (χ3v) is 3.84. The minimum atomic E-state index is -3.29. The zero-order valence-corrected chi connectivity index (χ0v) is 10.7. The number of hydrogen-bond acceptors (Lipinski definition) is 3. The number of halogens is 1. The Labute approximate surface area is 91.7 Å². The molecule has 0 radical (unpaired) electrons. The molecule has 0 rings (SSSR count). The molecule has 0 aliphatic heterocycles. The average molecular weight is 243 g/mol. The van der Waals surface area contributed by atoms with E-state index in [2.05, 4.69) is 18.6 Å². The molecule has 14 heavy (non-hydrogen) atoms. The summed E-state index contributed by atoms with van der Waals surface area (Å²) in [6, 6.07) is 0.188. The van der Waals surface area contributed by atoms with Crippen LogP contribution in [0.15, 0.2) is 0 Å². The molecule has 1 unspecified atom stereocenters. The topological polar surface area (TPSA) is 49.4 Å². The van der Waals surface area contributed by atoms with E-state index < -0.39 is 10.0 Å². The second-order valence-electron chi connectivity index (χ2n) is 3.85. The summed E-state index contributed by atoms with van der Waals surface area (Å²) in [5.41, 5.74) is 0. The number of rotatable bonds is 6. The molecule has 0 saturated heterocycles. The highest BCUT2D eigenvalue weighted by Gasteiger charge is 2.18. The third-order valence-electron chi connectivity index (χ3n) is 2.09. The van der Waals surface area contributed by atoms with Gasteiger partial charge in [-0.05, 0) is 20.0 Å². The van der Waals surface area contributed by atoms with Crippen LogP contribution in [0, 0.1) is 5.92 Å². The molecule has 86 valence electrons. The number of alkyl halides is 1. The highest BCUT2D eigenvalue weighted by molar-refractivity contribution is 7.90. The van der Waals surface area contributed by atoms with E-state index in [0.29, 0.717) is 12.5 Å². The SMILES string of the molecule is CC(C)C(CNS(=O)(=O)CCl)N(C)C. The quantitative estimate of drug-likeness (QED) is 0.698. The van der Waals surface area contributed by atoms with Crippen LogP contribution in [0.5, 0.6) is 0 Å². The molecule has 0 amide bonds. The normalized spacial score (nSPS) is 15.1. The second kappa shape index (κ2) is 5.90. The fraction of sp³-hybridized carbons (Fsp3) is 1.00. The van der Waals surface area contributed by atoms with Crippen LogP contribution in [-0.4, -0.2) is 45.2 Å². The van der Waals surface area contributed by atoms with E-state index in [9.17, 15) is 8.42 Å². The lowest BCUT2D eigenvalue weighted by molar-refractivity contribution is 0.233. The van der Waals surface area contributed by atoms with Crippen molar-refractivity contribution in [2.75, 3.05) is 25.9 Å². The maximum absolute atomic E-state index is 11.1. The van der Waals surface area contributed by atoms with Gasteiger partial charge in [-0.25, -0.2) is 13.1 Å². The molecule has 0 aliphatic rings. The van der Waals surface area contributed by atoms with Gasteiger partial charge in [0.1, 0.15) is 5.21 Å². The first-order valence-electron chi connectivity index (χ1n) is 4.50. The molecule has 0 fully saturated rings. The molecule has 0 saturated carbocycles. The van der Waals surface area contributed by atoms with E-state index in [4.69, 9.17) is 11.6 Å². The summed E-state index contributed by atoms with van der Waals surface area (Å²) in [7, 11) is 0.568. The predicted octanol–water partition coefficient (Wildman–Crippen LogP) is 0.688. The molecular weight excluding hydrogens is 224 g/mol. The summed E-state index contributed by atoms with van der Waals surface area (Å²) >= 11 is 5.27. The third kappa shape index (κ3) is 5.14. The van der Waals surface area contributed by atoms with Crippen molar-refractivity contribution < 1.29 is 8.42 Å². The zero-order valence-electron chi connectivity index (χ0n) is 9.12. The Kier molecular flexibility index (Phi) is 5.97. The van der Waals surface area contributed by atoms with Crippen molar-refractivity contribution in [2.45, 2.75) is 19.9 Å². The molecule has 0 spiro atoms. The van der Waals surface area contributed by atoms with Crippen molar-refractivity contribution in [3.05, 3.63) is 0 Å². The van der Waals surface area contributed by atoms with Crippen LogP contribution in [0.4, 0.5) is 0 Å². The fourth-order valence-corrected chi connectivity index (χ4v) is 2.00. The summed E-state index contributed by atoms with van der Waals surface area (Å²) in [6.07, 6.45) is 0. The molecule has 0 heterocycles. The van der Waals surface area contributed by atoms with Crippen LogP contribution in [0.3, 0.4) is 0 Å². The molecule has 1 atom stereocenters. The number of likely N-dealkylation sites (N-methyl/N-ethyl adjacent to an activating group) is 1. The van der Waals surface area contributed by atoms with Gasteiger partial charge in [0, 0.05) is 12.6 Å². The van der Waals surface area contributed by atoms with Gasteiger partial charge in [-0.15, -0.1) is 11.6 Å². The lowest BCUT2D eigenvalue weighted by Gasteiger charge is -2.27. The minimum Gasteiger partial charge on any atom is -0.305 e. The van der Waals surface area contributed by atoms with Crippen molar-refractivity contribution in [3.8, 4) is 0 Å². The van der Waals surface area contributed by atoms with Crippen LogP contribution in [-0.2, 0) is 10.0 Å². The van der Waals surface area contributed by atoms with Gasteiger partial charge >= 0.3 is 0 Å². The van der Waals surface area contributed by atoms with Crippen LogP contribution in [0.2, 0.25) is 0 Å². The standard InChI is InChI=1S/C8H19ClN2O2S/c1-7(2)8(11(3)4)5-10-14(12,13)6-9/h7-8,10H,5-6H2,1-4H3. The van der Waals surface area contributed by atoms with Crippen LogP contribution < -0.4 is 4.72 Å². The largest absolute Gasteiger partial charge is 0.305 e. The van der Waals surface area contributed by atoms with E-state index in [-0.39, 0.29) is 11.3 Å². The van der Waals surface area contributed by atoms with E-state index >= 15 is 0 Å². The van der Waals surface area contributed by atoms with Crippen molar-refractivity contribution >= 4 is 21.6 Å². The van der Waals surface area contributed by atoms with E-state index in [0.717, 1.165) is 0 Å². The number of nitrogens with zero attached hydrogens (tertiary/aromatic N) is 1. The van der Waals surface area contributed by atoms with Gasteiger partial charge in [0.25, 0.3) is 0 Å². The van der Waals surface area contributed by atoms with Gasteiger partial charge in [-0.3, -0.25) is 0 Å². The monoisotopic (exact) mass is 242 g/mol. The summed E-state index contributed by atoms with van der Waals surface area (Å²) in [4.78, 5) is 2.00. The lowest BCUT2D eigenvalue weighted by Crippen LogP contribution is -2.43. The zero-order chi connectivity index (χ0) is 11.4. The van der Waals surface area contributed by atoms with Gasteiger partial charge in [-0.2, -0.15) is 0 Å². The molecule has 1 N–H and O–H groups in total. The molecule has 0 aromatic rings. The highest BCUT2D eigenvalue weighted by Crippen LogP contribution is 2.06. The Morgan fingerprint density at radius 3 is 2.14 bits per heavy atom. The Morgan fingerprint density at radius 2 is 1.86 bits per heavy atom. The second-order valence-corrected chi connectivity index (χ2v) is 6.24. The van der Waals surface area contributed by atoms with Gasteiger partial charge in [0.2, 0.25) is 10.0 Å². The molecule has 0 aliphatic carbocycles. The van der Waals surface area contributed by atoms with Gasteiger partial charge in [0.15, 0.2) is 0 Å². The van der Waals surface area contributed by atoms with Crippen molar-refractivity contribution in [1.29, 1.82) is 0 Å². The first-order chi connectivity index (χ1) is 6.30. The smallest absolute Gasteiger partial charge is 0.225 e. The predicted molar refractivity (Wildman–Crippen MR) is 60.0 cm³/mol. The summed E-state index contributed by atoms with van der Waals surface area (Å²) < 4.78 is 24.6. The summed E-state index contributed by atoms with van der Waals surface area (Å²) in [6.45, 7) is 4.51. The maximum Gasteiger partial charge on any atom is 0.225 e. The first-order valence-corrected chi connectivity index (χ1v) is 6.68. The Morgan fingerprint density at radius 1 is 1.36 bits per heavy atom. The Hall–Kier alpha value is 0.160. The van der Waals surface area contributed by atoms with E-state index in [1.165, 1.54) is 0 Å². The number of sulfonamides is 1. The minimum absolute atomic E-state index is 0.188. The number of hydrogen-bond donors (Lipinski definition) is 1. The molecule has 0 aromatic carbocycles. The van der Waals surface area contributed by atoms with Gasteiger partial charge < -0.3 is 4.90 Å². The maximum atomic E-state index is 11.1. The first kappa shape index (κ1) is 14.2. The van der Waals surface area contributed by atoms with Crippen molar-refractivity contribution in [2.24, 2.45) is 5.92 Å². The molecule has 0 bridgehead atoms. The lowest BCUT2D eigenvalue weighted by atomic mass is 10.0. The van der Waals surface area contributed by atoms with Crippen molar-refractivity contribution in [1.82, 2.24) is 9.62 Å². The van der Waals surface area contributed by atoms with Crippen LogP contribution >= 0.6 is 11.6 Å². The Bertz CT molecular complexity index is 244. The van der Waals surface area contributed by atoms with E-state index in [1.54, 1.807) is 0 Å². The van der Waals surface area contributed by atoms with Gasteiger partial charge in [0.05, 0.1) is 0 Å². The molecule has 0 aromatic heterocycles. The van der Waals surface area contributed by atoms with Gasteiger partial charge in [-0.1, -0.05) is 13.8 Å². The molecule has 4 nitrogen and oxygen atoms in total. The summed E-state index contributed by atoms with van der Waals surface area (Å²) in [5, 5.41) is -0.384. The summed E-state index contributed by atoms with van der Waals surface area (Å²) in [5.74, 6) is 0.392. The van der Waals surface area contributed by atoms with Crippen molar-refractivity contribution in [3.63, 3.8) is 0 Å².